The lowest BCUT2D eigenvalue weighted by atomic mass is 9.95. The van der Waals surface area contributed by atoms with E-state index in [0.29, 0.717) is 6.54 Å². The molecule has 1 aromatic heterocycles. The summed E-state index contributed by atoms with van der Waals surface area (Å²) in [6, 6.07) is 9.82. The molecule has 1 atom stereocenters. The van der Waals surface area contributed by atoms with Gasteiger partial charge in [-0.25, -0.2) is 0 Å². The summed E-state index contributed by atoms with van der Waals surface area (Å²) in [6.45, 7) is 6.99. The number of fused-ring (bicyclic) bond motifs is 1. The van der Waals surface area contributed by atoms with Crippen LogP contribution in [0.4, 0.5) is 0 Å². The maximum absolute atomic E-state index is 10.7. The lowest BCUT2D eigenvalue weighted by Gasteiger charge is -2.34. The van der Waals surface area contributed by atoms with Crippen LogP contribution in [0.1, 0.15) is 24.1 Å². The van der Waals surface area contributed by atoms with Gasteiger partial charge in [0.1, 0.15) is 11.6 Å². The minimum atomic E-state index is -0.849. The third kappa shape index (κ3) is 2.46. The standard InChI is InChI=1S/C15H20N4O/c1-12-16-17-14-10-18(8-9-19(12)14)11-15(2,20)13-6-4-3-5-7-13/h3-7,20H,8-11H2,1-2H3/t15-/m0/s1. The fourth-order valence-corrected chi connectivity index (χ4v) is 2.81. The van der Waals surface area contributed by atoms with Gasteiger partial charge in [-0.2, -0.15) is 0 Å². The van der Waals surface area contributed by atoms with Crippen molar-refractivity contribution in [2.24, 2.45) is 0 Å². The predicted molar refractivity (Wildman–Crippen MR) is 76.0 cm³/mol. The zero-order valence-corrected chi connectivity index (χ0v) is 12.0. The first-order valence-electron chi connectivity index (χ1n) is 6.95. The van der Waals surface area contributed by atoms with Gasteiger partial charge in [0.05, 0.1) is 12.1 Å². The second kappa shape index (κ2) is 5.00. The van der Waals surface area contributed by atoms with Crippen LogP contribution in [0.3, 0.4) is 0 Å². The summed E-state index contributed by atoms with van der Waals surface area (Å²) in [5.74, 6) is 1.95. The number of nitrogens with zero attached hydrogens (tertiary/aromatic N) is 4. The maximum Gasteiger partial charge on any atom is 0.147 e. The smallest absolute Gasteiger partial charge is 0.147 e. The topological polar surface area (TPSA) is 54.2 Å². The van der Waals surface area contributed by atoms with Crippen LogP contribution in [0.2, 0.25) is 0 Å². The Bertz CT molecular complexity index is 591. The van der Waals surface area contributed by atoms with E-state index in [-0.39, 0.29) is 0 Å². The molecule has 20 heavy (non-hydrogen) atoms. The molecule has 5 heteroatoms. The summed E-state index contributed by atoms with van der Waals surface area (Å²) in [7, 11) is 0. The van der Waals surface area contributed by atoms with Crippen molar-refractivity contribution in [1.82, 2.24) is 19.7 Å². The summed E-state index contributed by atoms with van der Waals surface area (Å²) in [5.41, 5.74) is 0.0987. The van der Waals surface area contributed by atoms with Crippen LogP contribution in [0, 0.1) is 6.92 Å². The van der Waals surface area contributed by atoms with E-state index in [4.69, 9.17) is 0 Å². The van der Waals surface area contributed by atoms with E-state index >= 15 is 0 Å². The van der Waals surface area contributed by atoms with Crippen LogP contribution >= 0.6 is 0 Å². The number of benzene rings is 1. The highest BCUT2D eigenvalue weighted by molar-refractivity contribution is 5.21. The molecule has 0 fully saturated rings. The van der Waals surface area contributed by atoms with E-state index in [0.717, 1.165) is 36.8 Å². The van der Waals surface area contributed by atoms with Crippen molar-refractivity contribution in [2.75, 3.05) is 13.1 Å². The van der Waals surface area contributed by atoms with Gasteiger partial charge in [0, 0.05) is 19.6 Å². The summed E-state index contributed by atoms with van der Waals surface area (Å²) < 4.78 is 2.15. The van der Waals surface area contributed by atoms with Gasteiger partial charge >= 0.3 is 0 Å². The molecule has 1 aliphatic heterocycles. The van der Waals surface area contributed by atoms with Gasteiger partial charge in [0.2, 0.25) is 0 Å². The largest absolute Gasteiger partial charge is 0.384 e. The van der Waals surface area contributed by atoms with Crippen LogP contribution in [-0.2, 0) is 18.7 Å². The normalized spacial score (nSPS) is 18.6. The molecular weight excluding hydrogens is 252 g/mol. The van der Waals surface area contributed by atoms with E-state index < -0.39 is 5.60 Å². The monoisotopic (exact) mass is 272 g/mol. The Morgan fingerprint density at radius 1 is 1.20 bits per heavy atom. The Balaban J connectivity index is 1.73. The fourth-order valence-electron chi connectivity index (χ4n) is 2.81. The third-order valence-electron chi connectivity index (χ3n) is 3.94. The molecule has 0 spiro atoms. The third-order valence-corrected chi connectivity index (χ3v) is 3.94. The van der Waals surface area contributed by atoms with Crippen molar-refractivity contribution in [1.29, 1.82) is 0 Å². The predicted octanol–water partition coefficient (Wildman–Crippen LogP) is 1.31. The first-order chi connectivity index (χ1) is 9.56. The van der Waals surface area contributed by atoms with Crippen molar-refractivity contribution >= 4 is 0 Å². The summed E-state index contributed by atoms with van der Waals surface area (Å²) in [5, 5.41) is 19.0. The lowest BCUT2D eigenvalue weighted by molar-refractivity contribution is 0.00735. The van der Waals surface area contributed by atoms with Crippen LogP contribution in [0.15, 0.2) is 30.3 Å². The van der Waals surface area contributed by atoms with E-state index in [2.05, 4.69) is 19.7 Å². The molecule has 1 aliphatic rings. The van der Waals surface area contributed by atoms with E-state index in [1.807, 2.05) is 44.2 Å². The molecule has 0 saturated carbocycles. The molecule has 0 amide bonds. The summed E-state index contributed by atoms with van der Waals surface area (Å²) in [6.07, 6.45) is 0. The molecule has 0 unspecified atom stereocenters. The van der Waals surface area contributed by atoms with Gasteiger partial charge in [-0.15, -0.1) is 10.2 Å². The molecule has 1 N–H and O–H groups in total. The molecular formula is C15H20N4O. The highest BCUT2D eigenvalue weighted by Gasteiger charge is 2.29. The second-order valence-electron chi connectivity index (χ2n) is 5.67. The molecule has 0 radical (unpaired) electrons. The van der Waals surface area contributed by atoms with Crippen molar-refractivity contribution in [3.63, 3.8) is 0 Å². The Morgan fingerprint density at radius 2 is 1.95 bits per heavy atom. The number of rotatable bonds is 3. The van der Waals surface area contributed by atoms with Crippen molar-refractivity contribution in [2.45, 2.75) is 32.5 Å². The van der Waals surface area contributed by atoms with Crippen molar-refractivity contribution < 1.29 is 5.11 Å². The van der Waals surface area contributed by atoms with Crippen LogP contribution < -0.4 is 0 Å². The fraction of sp³-hybridized carbons (Fsp3) is 0.467. The number of hydrogen-bond donors (Lipinski definition) is 1. The SMILES string of the molecule is Cc1nnc2n1CCN(C[C@](C)(O)c1ccccc1)C2. The second-order valence-corrected chi connectivity index (χ2v) is 5.67. The summed E-state index contributed by atoms with van der Waals surface area (Å²) >= 11 is 0. The number of aryl methyl sites for hydroxylation is 1. The van der Waals surface area contributed by atoms with Crippen molar-refractivity contribution in [3.8, 4) is 0 Å². The van der Waals surface area contributed by atoms with Gasteiger partial charge in [0.15, 0.2) is 0 Å². The highest BCUT2D eigenvalue weighted by atomic mass is 16.3. The summed E-state index contributed by atoms with van der Waals surface area (Å²) in [4.78, 5) is 2.23. The van der Waals surface area contributed by atoms with Gasteiger partial charge < -0.3 is 9.67 Å². The number of β-amino-alcohol motifs (C(OH)–C–C–N with tert-alkyl or cyclic N) is 1. The molecule has 1 aromatic carbocycles. The molecule has 5 nitrogen and oxygen atoms in total. The molecule has 106 valence electrons. The average molecular weight is 272 g/mol. The zero-order valence-electron chi connectivity index (χ0n) is 12.0. The minimum Gasteiger partial charge on any atom is -0.384 e. The molecule has 2 heterocycles. The van der Waals surface area contributed by atoms with Gasteiger partial charge in [-0.3, -0.25) is 4.90 Å². The first-order valence-corrected chi connectivity index (χ1v) is 6.95. The number of hydrogen-bond acceptors (Lipinski definition) is 4. The molecule has 2 aromatic rings. The Labute approximate surface area is 118 Å². The zero-order chi connectivity index (χ0) is 14.2. The van der Waals surface area contributed by atoms with Gasteiger partial charge in [-0.1, -0.05) is 30.3 Å². The number of aliphatic hydroxyl groups is 1. The Kier molecular flexibility index (Phi) is 3.31. The Morgan fingerprint density at radius 3 is 2.70 bits per heavy atom. The van der Waals surface area contributed by atoms with E-state index in [1.54, 1.807) is 0 Å². The molecule has 0 aliphatic carbocycles. The first kappa shape index (κ1) is 13.3. The van der Waals surface area contributed by atoms with Crippen LogP contribution in [-0.4, -0.2) is 37.9 Å². The highest BCUT2D eigenvalue weighted by Crippen LogP contribution is 2.23. The van der Waals surface area contributed by atoms with Crippen LogP contribution in [0.5, 0.6) is 0 Å². The van der Waals surface area contributed by atoms with Crippen LogP contribution in [0.25, 0.3) is 0 Å². The van der Waals surface area contributed by atoms with E-state index in [9.17, 15) is 5.11 Å². The molecule has 0 bridgehead atoms. The number of aromatic nitrogens is 3. The molecule has 0 saturated heterocycles. The Hall–Kier alpha value is -1.72. The van der Waals surface area contributed by atoms with E-state index in [1.165, 1.54) is 0 Å². The van der Waals surface area contributed by atoms with Gasteiger partial charge in [0.25, 0.3) is 0 Å². The molecule has 3 rings (SSSR count). The quantitative estimate of drug-likeness (QED) is 0.915. The van der Waals surface area contributed by atoms with Gasteiger partial charge in [-0.05, 0) is 19.4 Å². The minimum absolute atomic E-state index is 0.600. The maximum atomic E-state index is 10.7. The lowest BCUT2D eigenvalue weighted by Crippen LogP contribution is -2.43. The van der Waals surface area contributed by atoms with Crippen molar-refractivity contribution in [3.05, 3.63) is 47.5 Å². The average Bonchev–Trinajstić information content (AvgIpc) is 2.80.